The van der Waals surface area contributed by atoms with Gasteiger partial charge in [-0.05, 0) is 47.8 Å². The molecule has 1 saturated heterocycles. The van der Waals surface area contributed by atoms with Gasteiger partial charge in [-0.1, -0.05) is 30.3 Å². The summed E-state index contributed by atoms with van der Waals surface area (Å²) in [5.41, 5.74) is 7.37. The summed E-state index contributed by atoms with van der Waals surface area (Å²) >= 11 is 0. The van der Waals surface area contributed by atoms with Crippen LogP contribution in [0.4, 0.5) is 0 Å². The molecule has 1 aliphatic heterocycles. The summed E-state index contributed by atoms with van der Waals surface area (Å²) in [4.78, 5) is 14.4. The molecule has 0 unspecified atom stereocenters. The maximum absolute atomic E-state index is 12.0. The molecule has 28 heavy (non-hydrogen) atoms. The van der Waals surface area contributed by atoms with E-state index in [0.717, 1.165) is 44.7 Å². The minimum absolute atomic E-state index is 0.246. The van der Waals surface area contributed by atoms with Gasteiger partial charge in [0.15, 0.2) is 5.76 Å². The van der Waals surface area contributed by atoms with Crippen LogP contribution >= 0.6 is 0 Å². The highest BCUT2D eigenvalue weighted by atomic mass is 16.5. The smallest absolute Gasteiger partial charge is 0.307 e. The molecule has 0 spiro atoms. The summed E-state index contributed by atoms with van der Waals surface area (Å²) in [6.07, 6.45) is 7.32. The van der Waals surface area contributed by atoms with E-state index in [-0.39, 0.29) is 11.7 Å². The second kappa shape index (κ2) is 8.71. The van der Waals surface area contributed by atoms with Crippen LogP contribution in [0.2, 0.25) is 0 Å². The van der Waals surface area contributed by atoms with E-state index in [2.05, 4.69) is 33.6 Å². The first-order valence-electron chi connectivity index (χ1n) is 9.50. The fourth-order valence-electron chi connectivity index (χ4n) is 3.55. The van der Waals surface area contributed by atoms with Gasteiger partial charge in [0, 0.05) is 18.8 Å². The van der Waals surface area contributed by atoms with E-state index in [0.29, 0.717) is 0 Å². The largest absolute Gasteiger partial charge is 0.459 e. The Hall–Kier alpha value is -3.12. The Morgan fingerprint density at radius 1 is 1.07 bits per heavy atom. The molecular formula is C22H23N3O3. The number of nitrogens with zero attached hydrogens (tertiary/aromatic N) is 2. The zero-order valence-electron chi connectivity index (χ0n) is 15.6. The van der Waals surface area contributed by atoms with Gasteiger partial charge >= 0.3 is 5.91 Å². The highest BCUT2D eigenvalue weighted by Crippen LogP contribution is 2.34. The van der Waals surface area contributed by atoms with Crippen molar-refractivity contribution >= 4 is 18.2 Å². The zero-order valence-corrected chi connectivity index (χ0v) is 15.6. The Morgan fingerprint density at radius 3 is 2.64 bits per heavy atom. The number of morpholine rings is 1. The van der Waals surface area contributed by atoms with Gasteiger partial charge in [0.05, 0.1) is 25.7 Å². The number of rotatable bonds is 5. The van der Waals surface area contributed by atoms with Gasteiger partial charge in [-0.3, -0.25) is 4.79 Å². The van der Waals surface area contributed by atoms with Crippen LogP contribution in [0.1, 0.15) is 29.0 Å². The van der Waals surface area contributed by atoms with Crippen LogP contribution < -0.4 is 5.43 Å². The second-order valence-electron chi connectivity index (χ2n) is 6.73. The molecule has 6 heteroatoms. The van der Waals surface area contributed by atoms with E-state index in [4.69, 9.17) is 9.15 Å². The maximum Gasteiger partial charge on any atom is 0.307 e. The van der Waals surface area contributed by atoms with E-state index in [1.165, 1.54) is 23.1 Å². The monoisotopic (exact) mass is 377 g/mol. The predicted molar refractivity (Wildman–Crippen MR) is 108 cm³/mol. The molecule has 2 aliphatic rings. The first-order valence-corrected chi connectivity index (χ1v) is 9.50. The third kappa shape index (κ3) is 4.23. The number of hydrogen-bond acceptors (Lipinski definition) is 5. The lowest BCUT2D eigenvalue weighted by atomic mass is 10.1. The third-order valence-corrected chi connectivity index (χ3v) is 4.87. The van der Waals surface area contributed by atoms with Crippen LogP contribution in [0.15, 0.2) is 75.1 Å². The molecule has 0 atom stereocenters. The average molecular weight is 377 g/mol. The number of ether oxygens (including phenoxy) is 1. The molecule has 1 fully saturated rings. The molecule has 1 amide bonds. The van der Waals surface area contributed by atoms with Gasteiger partial charge in [0.1, 0.15) is 0 Å². The molecular weight excluding hydrogens is 354 g/mol. The van der Waals surface area contributed by atoms with Gasteiger partial charge in [-0.15, -0.1) is 0 Å². The van der Waals surface area contributed by atoms with Crippen molar-refractivity contribution in [2.75, 3.05) is 26.3 Å². The summed E-state index contributed by atoms with van der Waals surface area (Å²) in [5.74, 6) is -0.108. The molecule has 0 saturated carbocycles. The van der Waals surface area contributed by atoms with E-state index in [9.17, 15) is 4.79 Å². The summed E-state index contributed by atoms with van der Waals surface area (Å²) in [7, 11) is 0. The number of hydrazone groups is 1. The summed E-state index contributed by atoms with van der Waals surface area (Å²) < 4.78 is 10.6. The number of nitrogens with one attached hydrogen (secondary N) is 1. The second-order valence-corrected chi connectivity index (χ2v) is 6.73. The predicted octanol–water partition coefficient (Wildman–Crippen LogP) is 3.46. The van der Waals surface area contributed by atoms with Gasteiger partial charge in [0.2, 0.25) is 0 Å². The minimum atomic E-state index is -0.354. The molecule has 4 rings (SSSR count). The van der Waals surface area contributed by atoms with E-state index in [1.54, 1.807) is 18.3 Å². The van der Waals surface area contributed by atoms with Crippen molar-refractivity contribution in [3.63, 3.8) is 0 Å². The van der Waals surface area contributed by atoms with Crippen molar-refractivity contribution < 1.29 is 13.9 Å². The normalized spacial score (nSPS) is 19.0. The van der Waals surface area contributed by atoms with Crippen molar-refractivity contribution in [1.82, 2.24) is 10.3 Å². The fraction of sp³-hybridized carbons (Fsp3) is 0.273. The van der Waals surface area contributed by atoms with Crippen molar-refractivity contribution in [2.24, 2.45) is 5.10 Å². The van der Waals surface area contributed by atoms with Crippen LogP contribution in [-0.4, -0.2) is 43.3 Å². The lowest BCUT2D eigenvalue weighted by molar-refractivity contribution is 0.0548. The van der Waals surface area contributed by atoms with Crippen LogP contribution in [-0.2, 0) is 4.74 Å². The van der Waals surface area contributed by atoms with Crippen LogP contribution in [0.5, 0.6) is 0 Å². The number of furan rings is 1. The Bertz CT molecular complexity index is 892. The first-order chi connectivity index (χ1) is 13.8. The highest BCUT2D eigenvalue weighted by Gasteiger charge is 2.25. The SMILES string of the molecule is O=C(NN=CC1=C(N2CCOCC2)/C(=C/c2ccccc2)CC1)c1ccco1. The van der Waals surface area contributed by atoms with E-state index < -0.39 is 0 Å². The number of benzene rings is 1. The Kier molecular flexibility index (Phi) is 5.68. The van der Waals surface area contributed by atoms with Crippen molar-refractivity contribution in [2.45, 2.75) is 12.8 Å². The van der Waals surface area contributed by atoms with Gasteiger partial charge in [-0.25, -0.2) is 5.43 Å². The molecule has 1 N–H and O–H groups in total. The molecule has 2 heterocycles. The van der Waals surface area contributed by atoms with E-state index >= 15 is 0 Å². The fourth-order valence-corrected chi connectivity index (χ4v) is 3.55. The first kappa shape index (κ1) is 18.3. The van der Waals surface area contributed by atoms with Crippen LogP contribution in [0, 0.1) is 0 Å². The molecule has 144 valence electrons. The van der Waals surface area contributed by atoms with Crippen molar-refractivity contribution in [3.05, 3.63) is 76.9 Å². The van der Waals surface area contributed by atoms with Gasteiger partial charge < -0.3 is 14.1 Å². The number of carbonyl (C=O) groups excluding carboxylic acids is 1. The third-order valence-electron chi connectivity index (χ3n) is 4.87. The zero-order chi connectivity index (χ0) is 19.2. The lowest BCUT2D eigenvalue weighted by Gasteiger charge is -2.31. The summed E-state index contributed by atoms with van der Waals surface area (Å²) in [5, 5.41) is 4.17. The minimum Gasteiger partial charge on any atom is -0.459 e. The molecule has 1 aromatic carbocycles. The van der Waals surface area contributed by atoms with Gasteiger partial charge in [-0.2, -0.15) is 5.10 Å². The Balaban J connectivity index is 1.57. The summed E-state index contributed by atoms with van der Waals surface area (Å²) in [6, 6.07) is 13.6. The summed E-state index contributed by atoms with van der Waals surface area (Å²) in [6.45, 7) is 3.17. The number of amides is 1. The van der Waals surface area contributed by atoms with Gasteiger partial charge in [0.25, 0.3) is 0 Å². The standard InChI is InChI=1S/C22H23N3O3/c26-22(20-7-4-12-28-20)24-23-16-19-9-8-18(15-17-5-2-1-3-6-17)21(19)25-10-13-27-14-11-25/h1-7,12,15-16H,8-11,13-14H2,(H,24,26)/b18-15+,23-16?. The molecule has 1 aliphatic carbocycles. The lowest BCUT2D eigenvalue weighted by Crippen LogP contribution is -2.36. The molecule has 6 nitrogen and oxygen atoms in total. The quantitative estimate of drug-likeness (QED) is 0.640. The number of carbonyl (C=O) groups is 1. The maximum atomic E-state index is 12.0. The molecule has 0 radical (unpaired) electrons. The number of allylic oxidation sites excluding steroid dienone is 2. The van der Waals surface area contributed by atoms with Crippen molar-refractivity contribution in [1.29, 1.82) is 0 Å². The topological polar surface area (TPSA) is 67.1 Å². The van der Waals surface area contributed by atoms with E-state index in [1.807, 2.05) is 18.2 Å². The molecule has 1 aromatic heterocycles. The molecule has 0 bridgehead atoms. The Morgan fingerprint density at radius 2 is 1.89 bits per heavy atom. The molecule has 2 aromatic rings. The Labute approximate surface area is 164 Å². The van der Waals surface area contributed by atoms with Crippen LogP contribution in [0.3, 0.4) is 0 Å². The average Bonchev–Trinajstić information content (AvgIpc) is 3.40. The van der Waals surface area contributed by atoms with Crippen molar-refractivity contribution in [3.8, 4) is 0 Å². The van der Waals surface area contributed by atoms with Crippen LogP contribution in [0.25, 0.3) is 6.08 Å². The number of hydrogen-bond donors (Lipinski definition) is 1. The highest BCUT2D eigenvalue weighted by molar-refractivity contribution is 5.92.